The first-order valence-electron chi connectivity index (χ1n) is 4.79. The van der Waals surface area contributed by atoms with E-state index in [1.54, 1.807) is 0 Å². The molecular formula is C10H4Cl4N4O. The molecule has 0 bridgehead atoms. The summed E-state index contributed by atoms with van der Waals surface area (Å²) in [6.07, 6.45) is 0. The first-order chi connectivity index (χ1) is 8.95. The Bertz CT molecular complexity index is 629. The van der Waals surface area contributed by atoms with Crippen LogP contribution in [0.4, 0.5) is 5.82 Å². The first-order valence-corrected chi connectivity index (χ1v) is 6.30. The Hall–Kier alpha value is -1.14. The molecule has 2 heterocycles. The van der Waals surface area contributed by atoms with Crippen molar-refractivity contribution in [2.24, 2.45) is 0 Å². The van der Waals surface area contributed by atoms with Gasteiger partial charge in [0.05, 0.1) is 5.02 Å². The maximum absolute atomic E-state index is 11.9. The summed E-state index contributed by atoms with van der Waals surface area (Å²) in [5.41, 5.74) is -0.0278. The van der Waals surface area contributed by atoms with Crippen LogP contribution < -0.4 is 5.32 Å². The Morgan fingerprint density at radius 1 is 1.00 bits per heavy atom. The standard InChI is InChI=1S/C10H4Cl4N4O/c11-4-1-2-5(12)15-8(4)9(19)17-7-3-6(13)16-10(14)18-7/h1-3H,(H,16,17,18,19). The summed E-state index contributed by atoms with van der Waals surface area (Å²) in [5, 5.41) is 2.76. The van der Waals surface area contributed by atoms with Crippen LogP contribution in [0.25, 0.3) is 0 Å². The topological polar surface area (TPSA) is 67.8 Å². The predicted octanol–water partition coefficient (Wildman–Crippen LogP) is 3.74. The van der Waals surface area contributed by atoms with Gasteiger partial charge in [-0.25, -0.2) is 15.0 Å². The van der Waals surface area contributed by atoms with E-state index in [0.29, 0.717) is 0 Å². The molecule has 0 aromatic carbocycles. The van der Waals surface area contributed by atoms with E-state index in [1.165, 1.54) is 18.2 Å². The third-order valence-electron chi connectivity index (χ3n) is 1.94. The quantitative estimate of drug-likeness (QED) is 0.515. The van der Waals surface area contributed by atoms with Crippen LogP contribution in [0, 0.1) is 0 Å². The normalized spacial score (nSPS) is 10.3. The van der Waals surface area contributed by atoms with Crippen LogP contribution in [0.1, 0.15) is 10.5 Å². The molecule has 0 fully saturated rings. The van der Waals surface area contributed by atoms with Crippen molar-refractivity contribution in [2.75, 3.05) is 5.32 Å². The molecule has 19 heavy (non-hydrogen) atoms. The molecule has 0 aliphatic carbocycles. The number of hydrogen-bond donors (Lipinski definition) is 1. The Balaban J connectivity index is 2.28. The van der Waals surface area contributed by atoms with Gasteiger partial charge in [-0.05, 0) is 23.7 Å². The zero-order valence-corrected chi connectivity index (χ0v) is 12.0. The molecule has 0 saturated carbocycles. The van der Waals surface area contributed by atoms with Crippen molar-refractivity contribution in [1.82, 2.24) is 15.0 Å². The summed E-state index contributed by atoms with van der Waals surface area (Å²) < 4.78 is 0. The number of nitrogens with one attached hydrogen (secondary N) is 1. The van der Waals surface area contributed by atoms with Crippen LogP contribution in [0.2, 0.25) is 20.6 Å². The van der Waals surface area contributed by atoms with Crippen molar-refractivity contribution < 1.29 is 4.79 Å². The number of halogens is 4. The lowest BCUT2D eigenvalue weighted by Gasteiger charge is -2.06. The number of carbonyl (C=O) groups excluding carboxylic acids is 1. The maximum atomic E-state index is 11.9. The maximum Gasteiger partial charge on any atom is 0.277 e. The van der Waals surface area contributed by atoms with E-state index < -0.39 is 5.91 Å². The fraction of sp³-hybridized carbons (Fsp3) is 0. The lowest BCUT2D eigenvalue weighted by atomic mass is 10.3. The molecule has 0 saturated heterocycles. The van der Waals surface area contributed by atoms with Gasteiger partial charge in [0.1, 0.15) is 21.8 Å². The molecule has 2 aromatic heterocycles. The SMILES string of the molecule is O=C(Nc1cc(Cl)nc(Cl)n1)c1nc(Cl)ccc1Cl. The van der Waals surface area contributed by atoms with E-state index >= 15 is 0 Å². The molecular weight excluding hydrogens is 334 g/mol. The van der Waals surface area contributed by atoms with Crippen LogP contribution in [-0.2, 0) is 0 Å². The lowest BCUT2D eigenvalue weighted by molar-refractivity contribution is 0.102. The van der Waals surface area contributed by atoms with Crippen molar-refractivity contribution in [1.29, 1.82) is 0 Å². The van der Waals surface area contributed by atoms with Gasteiger partial charge in [0.25, 0.3) is 5.91 Å². The van der Waals surface area contributed by atoms with Crippen molar-refractivity contribution >= 4 is 58.1 Å². The van der Waals surface area contributed by atoms with Crippen molar-refractivity contribution in [2.45, 2.75) is 0 Å². The second kappa shape index (κ2) is 5.88. The molecule has 0 unspecified atom stereocenters. The smallest absolute Gasteiger partial charge is 0.277 e. The number of anilines is 1. The molecule has 5 nitrogen and oxygen atoms in total. The Labute approximate surface area is 127 Å². The summed E-state index contributed by atoms with van der Waals surface area (Å²) >= 11 is 22.9. The van der Waals surface area contributed by atoms with Gasteiger partial charge in [-0.1, -0.05) is 34.8 Å². The van der Waals surface area contributed by atoms with Gasteiger partial charge in [0, 0.05) is 6.07 Å². The van der Waals surface area contributed by atoms with E-state index in [9.17, 15) is 4.79 Å². The highest BCUT2D eigenvalue weighted by Gasteiger charge is 2.14. The highest BCUT2D eigenvalue weighted by atomic mass is 35.5. The average Bonchev–Trinajstić information content (AvgIpc) is 2.30. The van der Waals surface area contributed by atoms with Gasteiger partial charge in [0.15, 0.2) is 0 Å². The number of pyridine rings is 1. The van der Waals surface area contributed by atoms with Gasteiger partial charge < -0.3 is 5.32 Å². The summed E-state index contributed by atoms with van der Waals surface area (Å²) in [5.74, 6) is -0.453. The molecule has 0 atom stereocenters. The number of carbonyl (C=O) groups is 1. The van der Waals surface area contributed by atoms with Crippen LogP contribution in [0.15, 0.2) is 18.2 Å². The number of rotatable bonds is 2. The monoisotopic (exact) mass is 336 g/mol. The van der Waals surface area contributed by atoms with E-state index in [4.69, 9.17) is 46.4 Å². The van der Waals surface area contributed by atoms with Crippen LogP contribution in [0.5, 0.6) is 0 Å². The van der Waals surface area contributed by atoms with Crippen LogP contribution >= 0.6 is 46.4 Å². The van der Waals surface area contributed by atoms with Crippen molar-refractivity contribution in [3.05, 3.63) is 44.5 Å². The summed E-state index contributed by atoms with van der Waals surface area (Å²) in [6, 6.07) is 4.27. The van der Waals surface area contributed by atoms with Gasteiger partial charge in [0.2, 0.25) is 5.28 Å². The average molecular weight is 338 g/mol. The van der Waals surface area contributed by atoms with Gasteiger partial charge in [-0.2, -0.15) is 0 Å². The third kappa shape index (κ3) is 3.67. The molecule has 2 aromatic rings. The third-order valence-corrected chi connectivity index (χ3v) is 2.81. The Kier molecular flexibility index (Phi) is 4.42. The van der Waals surface area contributed by atoms with Crippen molar-refractivity contribution in [3.8, 4) is 0 Å². The first kappa shape index (κ1) is 14.3. The van der Waals surface area contributed by atoms with Gasteiger partial charge >= 0.3 is 0 Å². The summed E-state index contributed by atoms with van der Waals surface area (Å²) in [6.45, 7) is 0. The number of nitrogens with zero attached hydrogens (tertiary/aromatic N) is 3. The lowest BCUT2D eigenvalue weighted by Crippen LogP contribution is -2.15. The molecule has 0 aliphatic heterocycles. The van der Waals surface area contributed by atoms with Crippen LogP contribution in [-0.4, -0.2) is 20.9 Å². The molecule has 0 aliphatic rings. The molecule has 0 radical (unpaired) electrons. The Morgan fingerprint density at radius 2 is 1.74 bits per heavy atom. The number of aromatic nitrogens is 3. The molecule has 2 rings (SSSR count). The van der Waals surface area contributed by atoms with E-state index in [0.717, 1.165) is 0 Å². The zero-order chi connectivity index (χ0) is 14.0. The molecule has 9 heteroatoms. The number of amides is 1. The van der Waals surface area contributed by atoms with Crippen LogP contribution in [0.3, 0.4) is 0 Å². The largest absolute Gasteiger partial charge is 0.305 e. The molecule has 1 N–H and O–H groups in total. The van der Waals surface area contributed by atoms with Gasteiger partial charge in [-0.15, -0.1) is 0 Å². The fourth-order valence-corrected chi connectivity index (χ4v) is 1.95. The van der Waals surface area contributed by atoms with E-state index in [1.807, 2.05) is 0 Å². The molecule has 1 amide bonds. The number of hydrogen-bond acceptors (Lipinski definition) is 4. The van der Waals surface area contributed by atoms with E-state index in [-0.39, 0.29) is 32.1 Å². The predicted molar refractivity (Wildman–Crippen MR) is 74.3 cm³/mol. The second-order valence-corrected chi connectivity index (χ2v) is 4.78. The van der Waals surface area contributed by atoms with Gasteiger partial charge in [-0.3, -0.25) is 4.79 Å². The molecule has 0 spiro atoms. The minimum Gasteiger partial charge on any atom is -0.305 e. The molecule has 98 valence electrons. The highest BCUT2D eigenvalue weighted by molar-refractivity contribution is 6.35. The fourth-order valence-electron chi connectivity index (χ4n) is 1.21. The van der Waals surface area contributed by atoms with E-state index in [2.05, 4.69) is 20.3 Å². The zero-order valence-electron chi connectivity index (χ0n) is 8.99. The van der Waals surface area contributed by atoms with Crippen molar-refractivity contribution in [3.63, 3.8) is 0 Å². The minimum atomic E-state index is -0.585. The summed E-state index contributed by atoms with van der Waals surface area (Å²) in [7, 11) is 0. The Morgan fingerprint density at radius 3 is 2.42 bits per heavy atom. The summed E-state index contributed by atoms with van der Waals surface area (Å²) in [4.78, 5) is 23.2. The highest BCUT2D eigenvalue weighted by Crippen LogP contribution is 2.19. The second-order valence-electron chi connectivity index (χ2n) is 3.26. The minimum absolute atomic E-state index is 0.0278.